The Morgan fingerprint density at radius 3 is 2.71 bits per heavy atom. The van der Waals surface area contributed by atoms with Gasteiger partial charge in [-0.15, -0.1) is 0 Å². The van der Waals surface area contributed by atoms with Gasteiger partial charge in [0.25, 0.3) is 0 Å². The smallest absolute Gasteiger partial charge is 0.180 e. The van der Waals surface area contributed by atoms with E-state index >= 15 is 0 Å². The van der Waals surface area contributed by atoms with Gasteiger partial charge in [0.2, 0.25) is 0 Å². The predicted molar refractivity (Wildman–Crippen MR) is 95.7 cm³/mol. The van der Waals surface area contributed by atoms with Gasteiger partial charge in [0.1, 0.15) is 6.61 Å². The summed E-state index contributed by atoms with van der Waals surface area (Å²) in [5.74, 6) is 0.944. The fourth-order valence-corrected chi connectivity index (χ4v) is 2.86. The zero-order valence-corrected chi connectivity index (χ0v) is 13.8. The first kappa shape index (κ1) is 16.1. The second-order valence-corrected chi connectivity index (χ2v) is 5.61. The van der Waals surface area contributed by atoms with E-state index in [0.717, 1.165) is 16.3 Å². The van der Waals surface area contributed by atoms with E-state index in [1.54, 1.807) is 12.1 Å². The molecule has 0 aliphatic rings. The maximum atomic E-state index is 8.65. The van der Waals surface area contributed by atoms with Gasteiger partial charge in [-0.3, -0.25) is 0 Å². The monoisotopic (exact) mass is 341 g/mol. The summed E-state index contributed by atoms with van der Waals surface area (Å²) in [4.78, 5) is 0. The van der Waals surface area contributed by atoms with Crippen molar-refractivity contribution in [2.45, 2.75) is 6.61 Å². The molecule has 1 N–H and O–H groups in total. The molecule has 0 bridgehead atoms. The molecule has 0 unspecified atom stereocenters. The fourth-order valence-electron chi connectivity index (χ4n) is 2.59. The summed E-state index contributed by atoms with van der Waals surface area (Å²) in [7, 11) is 1.54. The summed E-state index contributed by atoms with van der Waals surface area (Å²) in [6, 6.07) is 17.6. The second-order valence-electron chi connectivity index (χ2n) is 5.21. The molecule has 3 aromatic carbocycles. The molecule has 5 heteroatoms. The van der Waals surface area contributed by atoms with Crippen LogP contribution >= 0.6 is 11.6 Å². The molecule has 0 spiro atoms. The molecular weight excluding hydrogens is 326 g/mol. The Morgan fingerprint density at radius 2 is 1.92 bits per heavy atom. The summed E-state index contributed by atoms with van der Waals surface area (Å²) >= 11 is 6.29. The lowest BCUT2D eigenvalue weighted by Crippen LogP contribution is -2.00. The van der Waals surface area contributed by atoms with E-state index in [9.17, 15) is 0 Å². The lowest BCUT2D eigenvalue weighted by atomic mass is 10.1. The Balaban J connectivity index is 1.91. The van der Waals surface area contributed by atoms with Crippen LogP contribution in [-0.2, 0) is 6.61 Å². The number of nitrogens with zero attached hydrogens (tertiary/aromatic N) is 1. The molecule has 4 nitrogen and oxygen atoms in total. The third-order valence-corrected chi connectivity index (χ3v) is 3.99. The van der Waals surface area contributed by atoms with Gasteiger partial charge in [0.15, 0.2) is 11.5 Å². The topological polar surface area (TPSA) is 51.0 Å². The SMILES string of the molecule is COc1cc(C=NO)cc(Cl)c1OCc1cccc2ccccc12. The van der Waals surface area contributed by atoms with Crippen LogP contribution < -0.4 is 9.47 Å². The minimum Gasteiger partial charge on any atom is -0.493 e. The first-order valence-corrected chi connectivity index (χ1v) is 7.75. The highest BCUT2D eigenvalue weighted by Crippen LogP contribution is 2.37. The van der Waals surface area contributed by atoms with Crippen LogP contribution in [0.3, 0.4) is 0 Å². The highest BCUT2D eigenvalue weighted by molar-refractivity contribution is 6.32. The number of oxime groups is 1. The quantitative estimate of drug-likeness (QED) is 0.408. The van der Waals surface area contributed by atoms with Crippen molar-refractivity contribution in [2.24, 2.45) is 5.16 Å². The van der Waals surface area contributed by atoms with Gasteiger partial charge in [-0.2, -0.15) is 0 Å². The molecule has 0 fully saturated rings. The number of hydrogen-bond acceptors (Lipinski definition) is 4. The molecule has 0 saturated carbocycles. The lowest BCUT2D eigenvalue weighted by Gasteiger charge is -2.14. The van der Waals surface area contributed by atoms with Gasteiger partial charge < -0.3 is 14.7 Å². The van der Waals surface area contributed by atoms with E-state index in [0.29, 0.717) is 28.7 Å². The maximum Gasteiger partial charge on any atom is 0.180 e. The van der Waals surface area contributed by atoms with Crippen LogP contribution in [0.15, 0.2) is 59.8 Å². The van der Waals surface area contributed by atoms with Crippen molar-refractivity contribution in [3.05, 3.63) is 70.7 Å². The summed E-state index contributed by atoms with van der Waals surface area (Å²) < 4.78 is 11.3. The molecule has 0 aromatic heterocycles. The van der Waals surface area contributed by atoms with E-state index < -0.39 is 0 Å². The summed E-state index contributed by atoms with van der Waals surface area (Å²) in [6.45, 7) is 0.366. The summed E-state index contributed by atoms with van der Waals surface area (Å²) in [6.07, 6.45) is 1.28. The van der Waals surface area contributed by atoms with Crippen LogP contribution in [0.25, 0.3) is 10.8 Å². The Bertz CT molecular complexity index is 888. The van der Waals surface area contributed by atoms with E-state index in [1.807, 2.05) is 24.3 Å². The van der Waals surface area contributed by atoms with E-state index in [-0.39, 0.29) is 0 Å². The Hall–Kier alpha value is -2.72. The van der Waals surface area contributed by atoms with Crippen molar-refractivity contribution in [3.63, 3.8) is 0 Å². The largest absolute Gasteiger partial charge is 0.493 e. The fraction of sp³-hybridized carbons (Fsp3) is 0.105. The molecule has 0 amide bonds. The van der Waals surface area contributed by atoms with Gasteiger partial charge in [-0.1, -0.05) is 59.2 Å². The number of halogens is 1. The molecule has 0 aliphatic heterocycles. The van der Waals surface area contributed by atoms with E-state index in [2.05, 4.69) is 23.4 Å². The third kappa shape index (κ3) is 3.29. The standard InChI is InChI=1S/C19H16ClNO3/c1-23-18-10-13(11-21-22)9-17(20)19(18)24-12-15-7-4-6-14-5-2-3-8-16(14)15/h2-11,22H,12H2,1H3. The average molecular weight is 342 g/mol. The molecule has 0 heterocycles. The Labute approximate surface area is 144 Å². The molecular formula is C19H16ClNO3. The third-order valence-electron chi connectivity index (χ3n) is 3.71. The number of ether oxygens (including phenoxy) is 2. The molecule has 24 heavy (non-hydrogen) atoms. The molecule has 0 atom stereocenters. The van der Waals surface area contributed by atoms with Crippen molar-refractivity contribution < 1.29 is 14.7 Å². The van der Waals surface area contributed by atoms with Crippen molar-refractivity contribution in [1.29, 1.82) is 0 Å². The van der Waals surface area contributed by atoms with E-state index in [1.165, 1.54) is 13.3 Å². The van der Waals surface area contributed by atoms with Gasteiger partial charge in [0.05, 0.1) is 18.3 Å². The molecule has 122 valence electrons. The number of methoxy groups -OCH3 is 1. The number of hydrogen-bond donors (Lipinski definition) is 1. The first-order chi connectivity index (χ1) is 11.7. The predicted octanol–water partition coefficient (Wildman–Crippen LogP) is 4.89. The van der Waals surface area contributed by atoms with Crippen molar-refractivity contribution >= 4 is 28.6 Å². The number of rotatable bonds is 5. The van der Waals surface area contributed by atoms with Crippen molar-refractivity contribution in [1.82, 2.24) is 0 Å². The van der Waals surface area contributed by atoms with Gasteiger partial charge >= 0.3 is 0 Å². The van der Waals surface area contributed by atoms with Crippen LogP contribution in [-0.4, -0.2) is 18.5 Å². The van der Waals surface area contributed by atoms with Crippen LogP contribution in [0, 0.1) is 0 Å². The van der Waals surface area contributed by atoms with Crippen LogP contribution in [0.4, 0.5) is 0 Å². The van der Waals surface area contributed by atoms with E-state index in [4.69, 9.17) is 26.3 Å². The Morgan fingerprint density at radius 1 is 1.12 bits per heavy atom. The molecule has 0 saturated heterocycles. The van der Waals surface area contributed by atoms with Crippen LogP contribution in [0.1, 0.15) is 11.1 Å². The zero-order chi connectivity index (χ0) is 16.9. The van der Waals surface area contributed by atoms with Crippen molar-refractivity contribution in [2.75, 3.05) is 7.11 Å². The van der Waals surface area contributed by atoms with Gasteiger partial charge in [-0.05, 0) is 28.5 Å². The van der Waals surface area contributed by atoms with Gasteiger partial charge in [-0.25, -0.2) is 0 Å². The normalized spacial score (nSPS) is 11.1. The number of fused-ring (bicyclic) bond motifs is 1. The van der Waals surface area contributed by atoms with Crippen molar-refractivity contribution in [3.8, 4) is 11.5 Å². The first-order valence-electron chi connectivity index (χ1n) is 7.37. The van der Waals surface area contributed by atoms with Crippen LogP contribution in [0.5, 0.6) is 11.5 Å². The van der Waals surface area contributed by atoms with Crippen LogP contribution in [0.2, 0.25) is 5.02 Å². The minimum absolute atomic E-state index is 0.366. The lowest BCUT2D eigenvalue weighted by molar-refractivity contribution is 0.286. The second kappa shape index (κ2) is 7.23. The minimum atomic E-state index is 0.366. The zero-order valence-electron chi connectivity index (χ0n) is 13.1. The van der Waals surface area contributed by atoms with Gasteiger partial charge in [0, 0.05) is 5.56 Å². The number of benzene rings is 3. The molecule has 3 rings (SSSR count). The maximum absolute atomic E-state index is 8.65. The summed E-state index contributed by atoms with van der Waals surface area (Å²) in [5, 5.41) is 14.3. The summed E-state index contributed by atoms with van der Waals surface area (Å²) in [5.41, 5.74) is 1.68. The highest BCUT2D eigenvalue weighted by atomic mass is 35.5. The highest BCUT2D eigenvalue weighted by Gasteiger charge is 2.12. The Kier molecular flexibility index (Phi) is 4.87. The molecule has 3 aromatic rings. The molecule has 0 aliphatic carbocycles. The average Bonchev–Trinajstić information content (AvgIpc) is 2.60. The molecule has 0 radical (unpaired) electrons.